The van der Waals surface area contributed by atoms with E-state index in [-0.39, 0.29) is 0 Å². The lowest BCUT2D eigenvalue weighted by molar-refractivity contribution is 0.305. The minimum atomic E-state index is 0.513. The second-order valence-electron chi connectivity index (χ2n) is 5.91. The summed E-state index contributed by atoms with van der Waals surface area (Å²) in [5, 5.41) is 0. The number of rotatable bonds is 7. The number of methoxy groups -OCH3 is 1. The highest BCUT2D eigenvalue weighted by Gasteiger charge is 2.02. The lowest BCUT2D eigenvalue weighted by Gasteiger charge is -2.08. The highest BCUT2D eigenvalue weighted by Crippen LogP contribution is 2.23. The Balaban J connectivity index is 1.53. The largest absolute Gasteiger partial charge is 0.497 e. The van der Waals surface area contributed by atoms with Crippen LogP contribution in [0.1, 0.15) is 16.7 Å². The minimum absolute atomic E-state index is 0.513. The first kappa shape index (κ1) is 19.6. The van der Waals surface area contributed by atoms with Crippen LogP contribution in [0.5, 0.6) is 11.5 Å². The highest BCUT2D eigenvalue weighted by molar-refractivity contribution is 9.11. The Hall–Kier alpha value is -2.11. The van der Waals surface area contributed by atoms with Gasteiger partial charge in [-0.1, -0.05) is 50.1 Å². The van der Waals surface area contributed by atoms with Gasteiger partial charge in [0.2, 0.25) is 0 Å². The summed E-state index contributed by atoms with van der Waals surface area (Å²) in [5.74, 6) is 1.69. The van der Waals surface area contributed by atoms with Crippen molar-refractivity contribution >= 4 is 38.1 Å². The summed E-state index contributed by atoms with van der Waals surface area (Å²) in [6.45, 7) is 1.15. The minimum Gasteiger partial charge on any atom is -0.497 e. The second kappa shape index (κ2) is 9.72. The summed E-state index contributed by atoms with van der Waals surface area (Å²) < 4.78 is 13.1. The summed E-state index contributed by atoms with van der Waals surface area (Å²) in [7, 11) is 1.66. The Morgan fingerprint density at radius 3 is 2.26 bits per heavy atom. The van der Waals surface area contributed by atoms with Gasteiger partial charge in [0, 0.05) is 20.7 Å². The Labute approximate surface area is 176 Å². The van der Waals surface area contributed by atoms with E-state index < -0.39 is 0 Å². The third-order valence-electron chi connectivity index (χ3n) is 3.96. The van der Waals surface area contributed by atoms with Crippen molar-refractivity contribution in [2.75, 3.05) is 7.11 Å². The van der Waals surface area contributed by atoms with Gasteiger partial charge in [-0.15, -0.1) is 0 Å². The average molecular weight is 489 g/mol. The molecule has 0 N–H and O–H groups in total. The van der Waals surface area contributed by atoms with E-state index in [1.807, 2.05) is 72.9 Å². The van der Waals surface area contributed by atoms with E-state index in [4.69, 9.17) is 9.47 Å². The van der Waals surface area contributed by atoms with Crippen molar-refractivity contribution in [3.63, 3.8) is 0 Å². The van der Waals surface area contributed by atoms with Gasteiger partial charge in [-0.25, -0.2) is 0 Å². The van der Waals surface area contributed by atoms with Gasteiger partial charge in [0.1, 0.15) is 18.1 Å². The number of hydrogen-bond donors (Lipinski definition) is 0. The first-order valence-electron chi connectivity index (χ1n) is 8.43. The van der Waals surface area contributed by atoms with Gasteiger partial charge in [-0.05, 0) is 59.7 Å². The van der Waals surface area contributed by atoms with Crippen LogP contribution in [-0.4, -0.2) is 13.3 Å². The molecule has 3 aromatic carbocycles. The van der Waals surface area contributed by atoms with Crippen LogP contribution in [0.4, 0.5) is 0 Å². The molecule has 0 aromatic heterocycles. The molecule has 3 rings (SSSR count). The molecule has 0 aliphatic heterocycles. The lowest BCUT2D eigenvalue weighted by Crippen LogP contribution is -1.96. The van der Waals surface area contributed by atoms with E-state index in [1.54, 1.807) is 7.11 Å². The maximum atomic E-state index is 5.86. The zero-order chi connectivity index (χ0) is 19.1. The first-order valence-corrected chi connectivity index (χ1v) is 10.0. The van der Waals surface area contributed by atoms with E-state index in [2.05, 4.69) is 36.9 Å². The lowest BCUT2D eigenvalue weighted by atomic mass is 10.2. The zero-order valence-electron chi connectivity index (χ0n) is 14.9. The van der Waals surface area contributed by atoms with E-state index in [9.17, 15) is 0 Å². The van der Waals surface area contributed by atoms with Crippen LogP contribution in [0, 0.1) is 0 Å². The molecule has 0 amide bonds. The van der Waals surface area contributed by atoms with Crippen molar-refractivity contribution < 1.29 is 9.47 Å². The van der Waals surface area contributed by atoms with E-state index >= 15 is 0 Å². The van der Waals surface area contributed by atoms with Gasteiger partial charge in [0.05, 0.1) is 13.7 Å². The number of nitrogens with zero attached hydrogens (tertiary/aromatic N) is 1. The van der Waals surface area contributed by atoms with Crippen LogP contribution in [0.3, 0.4) is 0 Å². The SMILES string of the molecule is COc1ccc(CN=Cc2ccc(OCc3ccc(Br)cc3Br)cc2)cc1. The van der Waals surface area contributed by atoms with Crippen molar-refractivity contribution in [1.29, 1.82) is 0 Å². The molecule has 0 radical (unpaired) electrons. The van der Waals surface area contributed by atoms with Crippen molar-refractivity contribution in [1.82, 2.24) is 0 Å². The molecule has 5 heteroatoms. The molecule has 0 atom stereocenters. The summed E-state index contributed by atoms with van der Waals surface area (Å²) >= 11 is 7.01. The average Bonchev–Trinajstić information content (AvgIpc) is 2.69. The number of hydrogen-bond acceptors (Lipinski definition) is 3. The molecular formula is C22H19Br2NO2. The second-order valence-corrected chi connectivity index (χ2v) is 7.68. The normalized spacial score (nSPS) is 10.9. The van der Waals surface area contributed by atoms with Crippen molar-refractivity contribution in [2.45, 2.75) is 13.2 Å². The van der Waals surface area contributed by atoms with Gasteiger partial charge in [0.25, 0.3) is 0 Å². The molecule has 3 aromatic rings. The van der Waals surface area contributed by atoms with Crippen LogP contribution >= 0.6 is 31.9 Å². The molecule has 0 fully saturated rings. The summed E-state index contributed by atoms with van der Waals surface area (Å²) in [6.07, 6.45) is 1.87. The van der Waals surface area contributed by atoms with Gasteiger partial charge in [0.15, 0.2) is 0 Å². The van der Waals surface area contributed by atoms with Crippen molar-refractivity contribution in [3.8, 4) is 11.5 Å². The molecule has 0 unspecified atom stereocenters. The number of aliphatic imine (C=N–C) groups is 1. The predicted octanol–water partition coefficient (Wildman–Crippen LogP) is 6.42. The van der Waals surface area contributed by atoms with Gasteiger partial charge in [-0.2, -0.15) is 0 Å². The molecule has 27 heavy (non-hydrogen) atoms. The highest BCUT2D eigenvalue weighted by atomic mass is 79.9. The monoisotopic (exact) mass is 487 g/mol. The standard InChI is InChI=1S/C22H19Br2NO2/c1-26-20-8-2-16(3-9-20)13-25-14-17-4-10-21(11-5-17)27-15-18-6-7-19(23)12-22(18)24/h2-12,14H,13,15H2,1H3. The van der Waals surface area contributed by atoms with Crippen LogP contribution < -0.4 is 9.47 Å². The fourth-order valence-electron chi connectivity index (χ4n) is 2.44. The first-order chi connectivity index (χ1) is 13.1. The maximum absolute atomic E-state index is 5.86. The third-order valence-corrected chi connectivity index (χ3v) is 5.19. The van der Waals surface area contributed by atoms with Crippen LogP contribution in [0.2, 0.25) is 0 Å². The van der Waals surface area contributed by atoms with E-state index in [0.717, 1.165) is 37.1 Å². The smallest absolute Gasteiger partial charge is 0.119 e. The Morgan fingerprint density at radius 1 is 0.889 bits per heavy atom. The predicted molar refractivity (Wildman–Crippen MR) is 117 cm³/mol. The summed E-state index contributed by atoms with van der Waals surface area (Å²) in [6, 6.07) is 21.9. The van der Waals surface area contributed by atoms with Gasteiger partial charge >= 0.3 is 0 Å². The maximum Gasteiger partial charge on any atom is 0.119 e. The van der Waals surface area contributed by atoms with Crippen LogP contribution in [0.15, 0.2) is 80.7 Å². The Kier molecular flexibility index (Phi) is 7.07. The van der Waals surface area contributed by atoms with Crippen molar-refractivity contribution in [3.05, 3.63) is 92.4 Å². The van der Waals surface area contributed by atoms with E-state index in [0.29, 0.717) is 13.2 Å². The molecule has 0 saturated heterocycles. The molecule has 3 nitrogen and oxygen atoms in total. The number of halogens is 2. The van der Waals surface area contributed by atoms with Gasteiger partial charge < -0.3 is 9.47 Å². The molecule has 0 aliphatic rings. The van der Waals surface area contributed by atoms with Crippen LogP contribution in [0.25, 0.3) is 0 Å². The van der Waals surface area contributed by atoms with Crippen LogP contribution in [-0.2, 0) is 13.2 Å². The molecule has 0 heterocycles. The molecule has 0 bridgehead atoms. The Bertz CT molecular complexity index is 907. The third kappa shape index (κ3) is 5.94. The molecule has 0 spiro atoms. The van der Waals surface area contributed by atoms with Crippen molar-refractivity contribution in [2.24, 2.45) is 4.99 Å². The molecule has 138 valence electrons. The molecular weight excluding hydrogens is 470 g/mol. The fraction of sp³-hybridized carbons (Fsp3) is 0.136. The molecule has 0 aliphatic carbocycles. The molecule has 0 saturated carbocycles. The number of benzene rings is 3. The zero-order valence-corrected chi connectivity index (χ0v) is 18.0. The number of ether oxygens (including phenoxy) is 2. The Morgan fingerprint density at radius 2 is 1.59 bits per heavy atom. The van der Waals surface area contributed by atoms with E-state index in [1.165, 1.54) is 0 Å². The fourth-order valence-corrected chi connectivity index (χ4v) is 3.60. The summed E-state index contributed by atoms with van der Waals surface area (Å²) in [5.41, 5.74) is 3.29. The quantitative estimate of drug-likeness (QED) is 0.359. The van der Waals surface area contributed by atoms with Gasteiger partial charge in [-0.3, -0.25) is 4.99 Å². The topological polar surface area (TPSA) is 30.8 Å². The summed E-state index contributed by atoms with van der Waals surface area (Å²) in [4.78, 5) is 4.49.